The Hall–Kier alpha value is -1.75. The van der Waals surface area contributed by atoms with Crippen molar-refractivity contribution in [3.05, 3.63) is 24.3 Å². The fraction of sp³-hybridized carbons (Fsp3) is 0.533. The normalized spacial score (nSPS) is 10.3. The van der Waals surface area contributed by atoms with Gasteiger partial charge in [0.25, 0.3) is 0 Å². The van der Waals surface area contributed by atoms with Gasteiger partial charge in [0, 0.05) is 25.9 Å². The number of hydrogen-bond donors (Lipinski definition) is 2. The van der Waals surface area contributed by atoms with Crippen LogP contribution in [0, 0.1) is 0 Å². The second-order valence-corrected chi connectivity index (χ2v) is 4.77. The molecule has 112 valence electrons. The van der Waals surface area contributed by atoms with Crippen LogP contribution in [0.4, 0.5) is 5.69 Å². The van der Waals surface area contributed by atoms with Crippen LogP contribution in [0.25, 0.3) is 0 Å². The van der Waals surface area contributed by atoms with E-state index in [0.29, 0.717) is 18.7 Å². The van der Waals surface area contributed by atoms with Crippen molar-refractivity contribution < 1.29 is 14.6 Å². The lowest BCUT2D eigenvalue weighted by atomic mass is 10.2. The summed E-state index contributed by atoms with van der Waals surface area (Å²) in [7, 11) is 1.80. The van der Waals surface area contributed by atoms with Gasteiger partial charge in [-0.05, 0) is 43.5 Å². The molecule has 0 heterocycles. The number of nitrogens with two attached hydrogens (primary N) is 1. The maximum absolute atomic E-state index is 11.8. The molecule has 0 fully saturated rings. The summed E-state index contributed by atoms with van der Waals surface area (Å²) in [6.07, 6.45) is 3.01. The van der Waals surface area contributed by atoms with Gasteiger partial charge in [0.1, 0.15) is 5.75 Å². The van der Waals surface area contributed by atoms with Crippen molar-refractivity contribution in [2.75, 3.05) is 32.5 Å². The highest BCUT2D eigenvalue weighted by molar-refractivity contribution is 5.75. The minimum atomic E-state index is 0.0736. The summed E-state index contributed by atoms with van der Waals surface area (Å²) in [6, 6.07) is 7.12. The van der Waals surface area contributed by atoms with E-state index >= 15 is 0 Å². The Labute approximate surface area is 120 Å². The molecule has 3 N–H and O–H groups in total. The molecular formula is C15H24N2O3. The average molecular weight is 280 g/mol. The van der Waals surface area contributed by atoms with Gasteiger partial charge in [-0.15, -0.1) is 0 Å². The highest BCUT2D eigenvalue weighted by atomic mass is 16.5. The van der Waals surface area contributed by atoms with Crippen LogP contribution < -0.4 is 10.5 Å². The molecule has 0 spiro atoms. The molecule has 0 aliphatic carbocycles. The molecule has 1 aromatic rings. The predicted molar refractivity (Wildman–Crippen MR) is 79.5 cm³/mol. The van der Waals surface area contributed by atoms with E-state index in [0.717, 1.165) is 31.6 Å². The Morgan fingerprint density at radius 3 is 2.60 bits per heavy atom. The molecule has 5 nitrogen and oxygen atoms in total. The van der Waals surface area contributed by atoms with Gasteiger partial charge in [0.15, 0.2) is 0 Å². The third-order valence-electron chi connectivity index (χ3n) is 3.04. The van der Waals surface area contributed by atoms with Crippen LogP contribution in [0.1, 0.15) is 25.7 Å². The van der Waals surface area contributed by atoms with E-state index in [1.165, 1.54) is 0 Å². The molecule has 0 saturated carbocycles. The van der Waals surface area contributed by atoms with Crippen LogP contribution in [0.2, 0.25) is 0 Å². The second-order valence-electron chi connectivity index (χ2n) is 4.77. The summed E-state index contributed by atoms with van der Waals surface area (Å²) in [5.41, 5.74) is 6.27. The standard InChI is InChI=1S/C15H24N2O3/c1-17(10-3-2-4-11-18)15(19)9-12-20-14-7-5-13(16)6-8-14/h5-8,18H,2-4,9-12,16H2,1H3. The van der Waals surface area contributed by atoms with Gasteiger partial charge in [-0.2, -0.15) is 0 Å². The first-order valence-electron chi connectivity index (χ1n) is 6.96. The summed E-state index contributed by atoms with van der Waals surface area (Å²) >= 11 is 0. The minimum Gasteiger partial charge on any atom is -0.493 e. The molecule has 5 heteroatoms. The summed E-state index contributed by atoms with van der Waals surface area (Å²) in [5.74, 6) is 0.794. The second kappa shape index (κ2) is 9.20. The molecule has 1 amide bonds. The van der Waals surface area contributed by atoms with E-state index < -0.39 is 0 Å². The van der Waals surface area contributed by atoms with Crippen LogP contribution in [0.15, 0.2) is 24.3 Å². The van der Waals surface area contributed by atoms with E-state index in [1.54, 1.807) is 36.2 Å². The lowest BCUT2D eigenvalue weighted by Crippen LogP contribution is -2.28. The molecule has 0 bridgehead atoms. The Bertz CT molecular complexity index is 393. The van der Waals surface area contributed by atoms with Crippen molar-refractivity contribution in [1.29, 1.82) is 0 Å². The van der Waals surface area contributed by atoms with Gasteiger partial charge in [-0.25, -0.2) is 0 Å². The molecule has 1 rings (SSSR count). The number of aliphatic hydroxyl groups is 1. The van der Waals surface area contributed by atoms with Crippen LogP contribution in [0.3, 0.4) is 0 Å². The smallest absolute Gasteiger partial charge is 0.225 e. The van der Waals surface area contributed by atoms with Gasteiger partial charge in [-0.1, -0.05) is 0 Å². The number of unbranched alkanes of at least 4 members (excludes halogenated alkanes) is 2. The maximum Gasteiger partial charge on any atom is 0.225 e. The van der Waals surface area contributed by atoms with Crippen molar-refractivity contribution >= 4 is 11.6 Å². The molecule has 0 saturated heterocycles. The lowest BCUT2D eigenvalue weighted by molar-refractivity contribution is -0.130. The minimum absolute atomic E-state index is 0.0736. The van der Waals surface area contributed by atoms with Crippen molar-refractivity contribution in [1.82, 2.24) is 4.90 Å². The number of amides is 1. The van der Waals surface area contributed by atoms with Gasteiger partial charge in [0.2, 0.25) is 5.91 Å². The first kappa shape index (κ1) is 16.3. The van der Waals surface area contributed by atoms with Gasteiger partial charge < -0.3 is 20.5 Å². The zero-order valence-corrected chi connectivity index (χ0v) is 12.0. The van der Waals surface area contributed by atoms with Crippen molar-refractivity contribution in [2.24, 2.45) is 0 Å². The van der Waals surface area contributed by atoms with Gasteiger partial charge in [-0.3, -0.25) is 4.79 Å². The fourth-order valence-corrected chi connectivity index (χ4v) is 1.77. The fourth-order valence-electron chi connectivity index (χ4n) is 1.77. The first-order chi connectivity index (χ1) is 9.63. The number of benzene rings is 1. The van der Waals surface area contributed by atoms with Crippen molar-refractivity contribution in [2.45, 2.75) is 25.7 Å². The maximum atomic E-state index is 11.8. The first-order valence-corrected chi connectivity index (χ1v) is 6.96. The van der Waals surface area contributed by atoms with Gasteiger partial charge >= 0.3 is 0 Å². The predicted octanol–water partition coefficient (Wildman–Crippen LogP) is 1.66. The lowest BCUT2D eigenvalue weighted by Gasteiger charge is -2.17. The summed E-state index contributed by atoms with van der Waals surface area (Å²) in [4.78, 5) is 13.5. The van der Waals surface area contributed by atoms with E-state index in [-0.39, 0.29) is 12.5 Å². The largest absolute Gasteiger partial charge is 0.493 e. The third kappa shape index (κ3) is 6.43. The van der Waals surface area contributed by atoms with E-state index in [1.807, 2.05) is 0 Å². The zero-order valence-electron chi connectivity index (χ0n) is 12.0. The number of nitrogens with zero attached hydrogens (tertiary/aromatic N) is 1. The number of carbonyl (C=O) groups is 1. The molecule has 0 aromatic heterocycles. The third-order valence-corrected chi connectivity index (χ3v) is 3.04. The van der Waals surface area contributed by atoms with Crippen molar-refractivity contribution in [3.8, 4) is 5.75 Å². The van der Waals surface area contributed by atoms with Crippen molar-refractivity contribution in [3.63, 3.8) is 0 Å². The SMILES string of the molecule is CN(CCCCCO)C(=O)CCOc1ccc(N)cc1. The van der Waals surface area contributed by atoms with Crippen LogP contribution in [-0.2, 0) is 4.79 Å². The van der Waals surface area contributed by atoms with E-state index in [9.17, 15) is 4.79 Å². The Morgan fingerprint density at radius 2 is 1.95 bits per heavy atom. The summed E-state index contributed by atoms with van der Waals surface area (Å²) in [6.45, 7) is 1.30. The highest BCUT2D eigenvalue weighted by Crippen LogP contribution is 2.13. The van der Waals surface area contributed by atoms with Crippen LogP contribution >= 0.6 is 0 Å². The van der Waals surface area contributed by atoms with E-state index in [2.05, 4.69) is 0 Å². The average Bonchev–Trinajstić information content (AvgIpc) is 2.45. The quantitative estimate of drug-likeness (QED) is 0.533. The topological polar surface area (TPSA) is 75.8 Å². The molecule has 1 aromatic carbocycles. The summed E-state index contributed by atoms with van der Waals surface area (Å²) < 4.78 is 5.49. The molecule has 0 unspecified atom stereocenters. The number of anilines is 1. The van der Waals surface area contributed by atoms with Gasteiger partial charge in [0.05, 0.1) is 13.0 Å². The zero-order chi connectivity index (χ0) is 14.8. The number of aliphatic hydroxyl groups excluding tert-OH is 1. The number of hydrogen-bond acceptors (Lipinski definition) is 4. The number of nitrogen functional groups attached to an aromatic ring is 1. The highest BCUT2D eigenvalue weighted by Gasteiger charge is 2.08. The van der Waals surface area contributed by atoms with Crippen LogP contribution in [0.5, 0.6) is 5.75 Å². The molecule has 0 radical (unpaired) electrons. The number of ether oxygens (including phenoxy) is 1. The Morgan fingerprint density at radius 1 is 1.25 bits per heavy atom. The summed E-state index contributed by atoms with van der Waals surface area (Å²) in [5, 5.41) is 8.68. The van der Waals surface area contributed by atoms with Crippen LogP contribution in [-0.4, -0.2) is 42.7 Å². The molecule has 0 aliphatic rings. The Kier molecular flexibility index (Phi) is 7.50. The number of rotatable bonds is 9. The number of carbonyl (C=O) groups excluding carboxylic acids is 1. The Balaban J connectivity index is 2.17. The molecule has 0 aliphatic heterocycles. The molecule has 20 heavy (non-hydrogen) atoms. The molecular weight excluding hydrogens is 256 g/mol. The van der Waals surface area contributed by atoms with E-state index in [4.69, 9.17) is 15.6 Å². The molecule has 0 atom stereocenters. The monoisotopic (exact) mass is 280 g/mol.